The van der Waals surface area contributed by atoms with Gasteiger partial charge in [-0.25, -0.2) is 9.97 Å². The molecule has 1 N–H and O–H groups in total. The number of aryl methyl sites for hydroxylation is 1. The standard InChI is InChI=1S/C19H26N6O2/c1-4-24(5-2)18(26)14-12-20-17(22-13(14)3)16-8-6-7-11-25(16)19(27)15-9-10-21-23-15/h9-10,12,16H,4-8,11H2,1-3H3,(H,21,23)/t16-/m0/s1. The van der Waals surface area contributed by atoms with Crippen LogP contribution in [0.5, 0.6) is 0 Å². The SMILES string of the molecule is CCN(CC)C(=O)c1cnc([C@@H]2CCCCN2C(=O)c2ccn[nH]2)nc1C. The lowest BCUT2D eigenvalue weighted by atomic mass is 10.0. The van der Waals surface area contributed by atoms with Gasteiger partial charge in [-0.15, -0.1) is 0 Å². The zero-order valence-electron chi connectivity index (χ0n) is 16.1. The number of carbonyl (C=O) groups excluding carboxylic acids is 2. The van der Waals surface area contributed by atoms with Gasteiger partial charge >= 0.3 is 0 Å². The molecule has 2 amide bonds. The number of aromatic nitrogens is 4. The molecule has 8 nitrogen and oxygen atoms in total. The van der Waals surface area contributed by atoms with Gasteiger partial charge in [-0.05, 0) is 46.1 Å². The highest BCUT2D eigenvalue weighted by Crippen LogP contribution is 2.30. The molecule has 2 aromatic rings. The number of amides is 2. The molecule has 8 heteroatoms. The number of aromatic amines is 1. The molecule has 3 rings (SSSR count). The van der Waals surface area contributed by atoms with Crippen LogP contribution in [0.2, 0.25) is 0 Å². The van der Waals surface area contributed by atoms with E-state index in [1.54, 1.807) is 28.3 Å². The van der Waals surface area contributed by atoms with Crippen molar-refractivity contribution in [2.24, 2.45) is 0 Å². The van der Waals surface area contributed by atoms with Crippen LogP contribution in [0, 0.1) is 6.92 Å². The van der Waals surface area contributed by atoms with Crippen LogP contribution < -0.4 is 0 Å². The summed E-state index contributed by atoms with van der Waals surface area (Å²) in [5, 5.41) is 6.60. The third-order valence-electron chi connectivity index (χ3n) is 5.07. The first-order chi connectivity index (χ1) is 13.1. The summed E-state index contributed by atoms with van der Waals surface area (Å²) in [6.07, 6.45) is 5.95. The number of hydrogen-bond donors (Lipinski definition) is 1. The summed E-state index contributed by atoms with van der Waals surface area (Å²) in [7, 11) is 0. The van der Waals surface area contributed by atoms with Gasteiger partial charge in [0, 0.05) is 32.0 Å². The number of likely N-dealkylation sites (tertiary alicyclic amines) is 1. The van der Waals surface area contributed by atoms with Crippen molar-refractivity contribution in [1.82, 2.24) is 30.0 Å². The van der Waals surface area contributed by atoms with Crippen LogP contribution in [0.25, 0.3) is 0 Å². The molecule has 0 unspecified atom stereocenters. The van der Waals surface area contributed by atoms with E-state index in [0.717, 1.165) is 19.3 Å². The Morgan fingerprint density at radius 2 is 2.07 bits per heavy atom. The van der Waals surface area contributed by atoms with Crippen molar-refractivity contribution in [2.75, 3.05) is 19.6 Å². The summed E-state index contributed by atoms with van der Waals surface area (Å²) in [6.45, 7) is 7.67. The van der Waals surface area contributed by atoms with Gasteiger partial charge in [0.25, 0.3) is 11.8 Å². The first-order valence-corrected chi connectivity index (χ1v) is 9.49. The number of piperidine rings is 1. The fourth-order valence-corrected chi connectivity index (χ4v) is 3.51. The maximum absolute atomic E-state index is 12.8. The Labute approximate surface area is 159 Å². The van der Waals surface area contributed by atoms with E-state index in [4.69, 9.17) is 0 Å². The number of nitrogens with one attached hydrogen (secondary N) is 1. The van der Waals surface area contributed by atoms with Crippen molar-refractivity contribution >= 4 is 11.8 Å². The van der Waals surface area contributed by atoms with Crippen molar-refractivity contribution in [1.29, 1.82) is 0 Å². The fourth-order valence-electron chi connectivity index (χ4n) is 3.51. The average Bonchev–Trinajstić information content (AvgIpc) is 3.23. The van der Waals surface area contributed by atoms with Gasteiger partial charge in [0.15, 0.2) is 5.82 Å². The zero-order valence-corrected chi connectivity index (χ0v) is 16.1. The Morgan fingerprint density at radius 3 is 2.70 bits per heavy atom. The Balaban J connectivity index is 1.87. The van der Waals surface area contributed by atoms with Gasteiger partial charge in [0.1, 0.15) is 5.69 Å². The van der Waals surface area contributed by atoms with Crippen LogP contribution in [0.3, 0.4) is 0 Å². The molecule has 27 heavy (non-hydrogen) atoms. The van der Waals surface area contributed by atoms with E-state index >= 15 is 0 Å². The van der Waals surface area contributed by atoms with E-state index in [1.165, 1.54) is 0 Å². The number of hydrogen-bond acceptors (Lipinski definition) is 5. The highest BCUT2D eigenvalue weighted by atomic mass is 16.2. The molecule has 0 spiro atoms. The second-order valence-electron chi connectivity index (χ2n) is 6.69. The first kappa shape index (κ1) is 19.0. The lowest BCUT2D eigenvalue weighted by Crippen LogP contribution is -2.39. The quantitative estimate of drug-likeness (QED) is 0.872. The number of H-pyrrole nitrogens is 1. The maximum atomic E-state index is 12.8. The molecule has 2 aromatic heterocycles. The summed E-state index contributed by atoms with van der Waals surface area (Å²) in [6, 6.07) is 1.48. The van der Waals surface area contributed by atoms with Crippen LogP contribution in [-0.2, 0) is 0 Å². The van der Waals surface area contributed by atoms with Gasteiger partial charge in [0.2, 0.25) is 0 Å². The average molecular weight is 370 g/mol. The van der Waals surface area contributed by atoms with Crippen molar-refractivity contribution in [2.45, 2.75) is 46.1 Å². The summed E-state index contributed by atoms with van der Waals surface area (Å²) in [5.74, 6) is 0.441. The molecule has 1 fully saturated rings. The predicted molar refractivity (Wildman–Crippen MR) is 100 cm³/mol. The van der Waals surface area contributed by atoms with E-state index < -0.39 is 0 Å². The molecule has 3 heterocycles. The fraction of sp³-hybridized carbons (Fsp3) is 0.526. The lowest BCUT2D eigenvalue weighted by molar-refractivity contribution is 0.0592. The third-order valence-corrected chi connectivity index (χ3v) is 5.07. The number of rotatable bonds is 5. The second-order valence-corrected chi connectivity index (χ2v) is 6.69. The summed E-state index contributed by atoms with van der Waals surface area (Å²) < 4.78 is 0. The highest BCUT2D eigenvalue weighted by molar-refractivity contribution is 5.95. The summed E-state index contributed by atoms with van der Waals surface area (Å²) in [5.41, 5.74) is 1.63. The molecule has 1 aliphatic heterocycles. The minimum absolute atomic E-state index is 0.0573. The molecule has 1 aliphatic rings. The molecule has 1 saturated heterocycles. The van der Waals surface area contributed by atoms with Crippen molar-refractivity contribution in [3.8, 4) is 0 Å². The van der Waals surface area contributed by atoms with Gasteiger partial charge in [0.05, 0.1) is 17.3 Å². The van der Waals surface area contributed by atoms with Crippen molar-refractivity contribution in [3.63, 3.8) is 0 Å². The van der Waals surface area contributed by atoms with E-state index in [0.29, 0.717) is 42.4 Å². The largest absolute Gasteiger partial charge is 0.339 e. The molecular formula is C19H26N6O2. The molecular weight excluding hydrogens is 344 g/mol. The normalized spacial score (nSPS) is 17.0. The van der Waals surface area contributed by atoms with Crippen molar-refractivity contribution < 1.29 is 9.59 Å². The van der Waals surface area contributed by atoms with Gasteiger partial charge < -0.3 is 9.80 Å². The molecule has 0 radical (unpaired) electrons. The van der Waals surface area contributed by atoms with Gasteiger partial charge in [-0.3, -0.25) is 14.7 Å². The molecule has 0 aromatic carbocycles. The Hall–Kier alpha value is -2.77. The predicted octanol–water partition coefficient (Wildman–Crippen LogP) is 2.36. The summed E-state index contributed by atoms with van der Waals surface area (Å²) in [4.78, 5) is 38.1. The minimum Gasteiger partial charge on any atom is -0.339 e. The lowest BCUT2D eigenvalue weighted by Gasteiger charge is -2.34. The smallest absolute Gasteiger partial charge is 0.272 e. The molecule has 0 saturated carbocycles. The van der Waals surface area contributed by atoms with Crippen LogP contribution >= 0.6 is 0 Å². The Kier molecular flexibility index (Phi) is 5.83. The van der Waals surface area contributed by atoms with E-state index in [1.807, 2.05) is 20.8 Å². The first-order valence-electron chi connectivity index (χ1n) is 9.49. The van der Waals surface area contributed by atoms with Gasteiger partial charge in [-0.1, -0.05) is 0 Å². The maximum Gasteiger partial charge on any atom is 0.272 e. The van der Waals surface area contributed by atoms with Crippen molar-refractivity contribution in [3.05, 3.63) is 41.2 Å². The molecule has 144 valence electrons. The number of carbonyl (C=O) groups is 2. The van der Waals surface area contributed by atoms with E-state index in [-0.39, 0.29) is 17.9 Å². The Bertz CT molecular complexity index is 801. The van der Waals surface area contributed by atoms with E-state index in [2.05, 4.69) is 20.2 Å². The zero-order chi connectivity index (χ0) is 19.4. The van der Waals surface area contributed by atoms with Crippen LogP contribution in [0.15, 0.2) is 18.5 Å². The second kappa shape index (κ2) is 8.28. The van der Waals surface area contributed by atoms with Crippen LogP contribution in [0.1, 0.15) is 71.5 Å². The van der Waals surface area contributed by atoms with Crippen LogP contribution in [0.4, 0.5) is 0 Å². The molecule has 0 bridgehead atoms. The topological polar surface area (TPSA) is 95.1 Å². The van der Waals surface area contributed by atoms with E-state index in [9.17, 15) is 9.59 Å². The van der Waals surface area contributed by atoms with Gasteiger partial charge in [-0.2, -0.15) is 5.10 Å². The molecule has 0 aliphatic carbocycles. The Morgan fingerprint density at radius 1 is 1.30 bits per heavy atom. The third kappa shape index (κ3) is 3.84. The number of nitrogens with zero attached hydrogens (tertiary/aromatic N) is 5. The monoisotopic (exact) mass is 370 g/mol. The summed E-state index contributed by atoms with van der Waals surface area (Å²) >= 11 is 0. The van der Waals surface area contributed by atoms with Crippen LogP contribution in [-0.4, -0.2) is 61.4 Å². The highest BCUT2D eigenvalue weighted by Gasteiger charge is 2.31. The molecule has 1 atom stereocenters. The minimum atomic E-state index is -0.189.